The Morgan fingerprint density at radius 2 is 1.71 bits per heavy atom. The van der Waals surface area contributed by atoms with Crippen LogP contribution in [0.1, 0.15) is 12.5 Å². The first kappa shape index (κ1) is 20.2. The summed E-state index contributed by atoms with van der Waals surface area (Å²) in [4.78, 5) is 16.6. The van der Waals surface area contributed by atoms with Crippen LogP contribution in [0.2, 0.25) is 0 Å². The Kier molecular flexibility index (Phi) is 6.95. The van der Waals surface area contributed by atoms with Gasteiger partial charge in [0.05, 0.1) is 6.54 Å². The lowest BCUT2D eigenvalue weighted by Gasteiger charge is -2.35. The average molecular weight is 401 g/mol. The third kappa shape index (κ3) is 5.50. The number of piperazine rings is 1. The lowest BCUT2D eigenvalue weighted by molar-refractivity contribution is -0.117. The minimum Gasteiger partial charge on any atom is -0.346 e. The van der Waals surface area contributed by atoms with Crippen molar-refractivity contribution in [2.45, 2.75) is 13.3 Å². The second-order valence-corrected chi connectivity index (χ2v) is 7.15. The second kappa shape index (κ2) is 9.61. The zero-order valence-electron chi connectivity index (χ0n) is 16.0. The van der Waals surface area contributed by atoms with Crippen molar-refractivity contribution in [3.05, 3.63) is 59.9 Å². The van der Waals surface area contributed by atoms with Crippen LogP contribution in [-0.2, 0) is 11.2 Å². The number of hydrogen-bond donors (Lipinski definition) is 2. The minimum absolute atomic E-state index is 0.00126. The molecule has 2 aromatic carbocycles. The fraction of sp³-hybridized carbons (Fsp3) is 0.333. The fourth-order valence-corrected chi connectivity index (χ4v) is 3.49. The molecule has 28 heavy (non-hydrogen) atoms. The molecule has 0 saturated carbocycles. The maximum absolute atomic E-state index is 13.0. The molecule has 2 N–H and O–H groups in total. The molecule has 0 unspecified atom stereocenters. The molecule has 1 aliphatic heterocycles. The van der Waals surface area contributed by atoms with E-state index >= 15 is 0 Å². The first-order valence-electron chi connectivity index (χ1n) is 9.46. The van der Waals surface area contributed by atoms with Crippen LogP contribution in [0, 0.1) is 5.82 Å². The third-order valence-corrected chi connectivity index (χ3v) is 5.15. The highest BCUT2D eigenvalue weighted by Gasteiger charge is 2.21. The van der Waals surface area contributed by atoms with Crippen LogP contribution in [0.4, 0.5) is 15.8 Å². The minimum atomic E-state index is -0.273. The molecule has 0 bridgehead atoms. The third-order valence-electron chi connectivity index (χ3n) is 4.79. The Morgan fingerprint density at radius 1 is 1.04 bits per heavy atom. The van der Waals surface area contributed by atoms with Gasteiger partial charge in [-0.2, -0.15) is 0 Å². The normalized spacial score (nSPS) is 14.6. The molecule has 148 valence electrons. The van der Waals surface area contributed by atoms with Crippen LogP contribution in [0.5, 0.6) is 0 Å². The average Bonchev–Trinajstić information content (AvgIpc) is 2.70. The molecule has 0 aliphatic carbocycles. The van der Waals surface area contributed by atoms with Gasteiger partial charge in [0.15, 0.2) is 5.11 Å². The number of hydrogen-bond acceptors (Lipinski definition) is 3. The SMILES string of the molecule is CCc1ccccc1NC(=O)CN1CCN(C(=S)Nc2ccc(F)cc2)CC1. The van der Waals surface area contributed by atoms with Gasteiger partial charge in [0, 0.05) is 37.6 Å². The van der Waals surface area contributed by atoms with Crippen molar-refractivity contribution in [3.8, 4) is 0 Å². The van der Waals surface area contributed by atoms with E-state index in [1.165, 1.54) is 12.1 Å². The topological polar surface area (TPSA) is 47.6 Å². The summed E-state index contributed by atoms with van der Waals surface area (Å²) in [7, 11) is 0. The largest absolute Gasteiger partial charge is 0.346 e. The van der Waals surface area contributed by atoms with Crippen molar-refractivity contribution in [1.29, 1.82) is 0 Å². The number of aryl methyl sites for hydroxylation is 1. The van der Waals surface area contributed by atoms with Gasteiger partial charge in [-0.25, -0.2) is 4.39 Å². The first-order chi connectivity index (χ1) is 13.5. The van der Waals surface area contributed by atoms with E-state index in [-0.39, 0.29) is 11.7 Å². The van der Waals surface area contributed by atoms with Gasteiger partial charge in [0.1, 0.15) is 5.82 Å². The van der Waals surface area contributed by atoms with E-state index in [9.17, 15) is 9.18 Å². The Balaban J connectivity index is 1.45. The molecule has 1 saturated heterocycles. The molecule has 0 aromatic heterocycles. The number of amides is 1. The molecule has 1 amide bonds. The maximum atomic E-state index is 13.0. The molecule has 7 heteroatoms. The number of carbonyl (C=O) groups is 1. The molecular formula is C21H25FN4OS. The van der Waals surface area contributed by atoms with Crippen LogP contribution in [0.3, 0.4) is 0 Å². The van der Waals surface area contributed by atoms with E-state index in [1.54, 1.807) is 12.1 Å². The molecule has 5 nitrogen and oxygen atoms in total. The number of benzene rings is 2. The van der Waals surface area contributed by atoms with E-state index in [1.807, 2.05) is 24.3 Å². The monoisotopic (exact) mass is 400 g/mol. The number of rotatable bonds is 5. The number of para-hydroxylation sites is 1. The first-order valence-corrected chi connectivity index (χ1v) is 9.87. The zero-order chi connectivity index (χ0) is 19.9. The van der Waals surface area contributed by atoms with E-state index < -0.39 is 0 Å². The lowest BCUT2D eigenvalue weighted by atomic mass is 10.1. The Labute approximate surface area is 170 Å². The summed E-state index contributed by atoms with van der Waals surface area (Å²) in [6.07, 6.45) is 0.883. The number of anilines is 2. The van der Waals surface area contributed by atoms with Gasteiger partial charge in [-0.3, -0.25) is 9.69 Å². The van der Waals surface area contributed by atoms with Crippen LogP contribution >= 0.6 is 12.2 Å². The molecule has 1 fully saturated rings. The van der Waals surface area contributed by atoms with E-state index in [0.29, 0.717) is 11.7 Å². The predicted octanol–water partition coefficient (Wildman–Crippen LogP) is 3.34. The van der Waals surface area contributed by atoms with Gasteiger partial charge < -0.3 is 15.5 Å². The van der Waals surface area contributed by atoms with Crippen LogP contribution in [0.15, 0.2) is 48.5 Å². The van der Waals surface area contributed by atoms with Crippen molar-refractivity contribution >= 4 is 34.6 Å². The van der Waals surface area contributed by atoms with E-state index in [2.05, 4.69) is 27.4 Å². The Hall–Kier alpha value is -2.51. The van der Waals surface area contributed by atoms with Gasteiger partial charge in [-0.05, 0) is 54.5 Å². The van der Waals surface area contributed by atoms with Crippen molar-refractivity contribution in [2.75, 3.05) is 43.4 Å². The summed E-state index contributed by atoms with van der Waals surface area (Å²) < 4.78 is 13.0. The molecule has 0 atom stereocenters. The maximum Gasteiger partial charge on any atom is 0.238 e. The van der Waals surface area contributed by atoms with Gasteiger partial charge in [0.25, 0.3) is 0 Å². The molecule has 2 aromatic rings. The van der Waals surface area contributed by atoms with Crippen LogP contribution < -0.4 is 10.6 Å². The van der Waals surface area contributed by atoms with Crippen LogP contribution in [0.25, 0.3) is 0 Å². The molecular weight excluding hydrogens is 375 g/mol. The quantitative estimate of drug-likeness (QED) is 0.754. The van der Waals surface area contributed by atoms with Gasteiger partial charge >= 0.3 is 0 Å². The fourth-order valence-electron chi connectivity index (χ4n) is 3.19. The van der Waals surface area contributed by atoms with E-state index in [4.69, 9.17) is 12.2 Å². The van der Waals surface area contributed by atoms with Crippen molar-refractivity contribution in [2.24, 2.45) is 0 Å². The predicted molar refractivity (Wildman–Crippen MR) is 115 cm³/mol. The highest BCUT2D eigenvalue weighted by Crippen LogP contribution is 2.16. The number of carbonyl (C=O) groups excluding carboxylic acids is 1. The van der Waals surface area contributed by atoms with Crippen LogP contribution in [-0.4, -0.2) is 53.5 Å². The van der Waals surface area contributed by atoms with Crippen molar-refractivity contribution in [1.82, 2.24) is 9.80 Å². The molecule has 3 rings (SSSR count). The number of thiocarbonyl (C=S) groups is 1. The van der Waals surface area contributed by atoms with Crippen molar-refractivity contribution in [3.63, 3.8) is 0 Å². The molecule has 1 heterocycles. The zero-order valence-corrected chi connectivity index (χ0v) is 16.8. The summed E-state index contributed by atoms with van der Waals surface area (Å²) in [5.74, 6) is -0.272. The summed E-state index contributed by atoms with van der Waals surface area (Å²) in [6, 6.07) is 14.0. The Bertz CT molecular complexity index is 819. The van der Waals surface area contributed by atoms with E-state index in [0.717, 1.165) is 49.5 Å². The lowest BCUT2D eigenvalue weighted by Crippen LogP contribution is -2.51. The second-order valence-electron chi connectivity index (χ2n) is 6.76. The smallest absolute Gasteiger partial charge is 0.238 e. The summed E-state index contributed by atoms with van der Waals surface area (Å²) in [5.41, 5.74) is 2.79. The number of nitrogens with one attached hydrogen (secondary N) is 2. The highest BCUT2D eigenvalue weighted by atomic mass is 32.1. The summed E-state index contributed by atoms with van der Waals surface area (Å²) in [5, 5.41) is 6.77. The van der Waals surface area contributed by atoms with Gasteiger partial charge in [-0.15, -0.1) is 0 Å². The standard InChI is InChI=1S/C21H25FN4OS/c1-2-16-5-3-4-6-19(16)24-20(27)15-25-11-13-26(14-12-25)21(28)23-18-9-7-17(22)8-10-18/h3-10H,2,11-15H2,1H3,(H,23,28)(H,24,27). The molecule has 0 radical (unpaired) electrons. The molecule has 0 spiro atoms. The summed E-state index contributed by atoms with van der Waals surface area (Å²) in [6.45, 7) is 5.44. The highest BCUT2D eigenvalue weighted by molar-refractivity contribution is 7.80. The molecule has 1 aliphatic rings. The van der Waals surface area contributed by atoms with Gasteiger partial charge in [-0.1, -0.05) is 25.1 Å². The van der Waals surface area contributed by atoms with Crippen molar-refractivity contribution < 1.29 is 9.18 Å². The number of nitrogens with zero attached hydrogens (tertiary/aromatic N) is 2. The summed E-state index contributed by atoms with van der Waals surface area (Å²) >= 11 is 5.45. The number of halogens is 1. The van der Waals surface area contributed by atoms with Gasteiger partial charge in [0.2, 0.25) is 5.91 Å². The Morgan fingerprint density at radius 3 is 2.39 bits per heavy atom.